The number of hydrogen-bond donors (Lipinski definition) is 1. The standard InChI is InChI=1S/C17H18F3NO2/c1-12-7-8-13(11-15(12)21)22-9-4-10-23-16-6-3-2-5-14(16)17(18,19)20/h2-3,5-8,11H,4,9-10,21H2,1H3. The van der Waals surface area contributed by atoms with Crippen molar-refractivity contribution in [2.24, 2.45) is 0 Å². The van der Waals surface area contributed by atoms with E-state index in [1.807, 2.05) is 13.0 Å². The Labute approximate surface area is 132 Å². The fourth-order valence-electron chi connectivity index (χ4n) is 1.97. The molecule has 0 bridgehead atoms. The number of benzene rings is 2. The molecule has 0 amide bonds. The highest BCUT2D eigenvalue weighted by Crippen LogP contribution is 2.35. The number of ether oxygens (including phenoxy) is 2. The van der Waals surface area contributed by atoms with Gasteiger partial charge in [0.25, 0.3) is 0 Å². The molecule has 3 nitrogen and oxygen atoms in total. The van der Waals surface area contributed by atoms with Crippen molar-refractivity contribution >= 4 is 5.69 Å². The van der Waals surface area contributed by atoms with Gasteiger partial charge >= 0.3 is 6.18 Å². The quantitative estimate of drug-likeness (QED) is 0.630. The molecular weight excluding hydrogens is 307 g/mol. The number of rotatable bonds is 6. The number of alkyl halides is 3. The van der Waals surface area contributed by atoms with E-state index in [1.165, 1.54) is 18.2 Å². The topological polar surface area (TPSA) is 44.5 Å². The predicted molar refractivity (Wildman–Crippen MR) is 82.6 cm³/mol. The first-order chi connectivity index (χ1) is 10.9. The zero-order valence-corrected chi connectivity index (χ0v) is 12.7. The number of para-hydroxylation sites is 1. The SMILES string of the molecule is Cc1ccc(OCCCOc2ccccc2C(F)(F)F)cc1N. The van der Waals surface area contributed by atoms with E-state index >= 15 is 0 Å². The third kappa shape index (κ3) is 4.81. The lowest BCUT2D eigenvalue weighted by Gasteiger charge is -2.14. The Balaban J connectivity index is 1.81. The van der Waals surface area contributed by atoms with Gasteiger partial charge in [-0.05, 0) is 30.7 Å². The lowest BCUT2D eigenvalue weighted by atomic mass is 10.2. The number of anilines is 1. The first-order valence-electron chi connectivity index (χ1n) is 7.16. The van der Waals surface area contributed by atoms with Crippen LogP contribution in [0.3, 0.4) is 0 Å². The van der Waals surface area contributed by atoms with Crippen LogP contribution in [0.5, 0.6) is 11.5 Å². The Kier molecular flexibility index (Phi) is 5.36. The molecule has 0 aromatic heterocycles. The van der Waals surface area contributed by atoms with Gasteiger partial charge in [0.1, 0.15) is 11.5 Å². The molecule has 2 aromatic carbocycles. The molecule has 2 rings (SSSR count). The van der Waals surface area contributed by atoms with E-state index in [1.54, 1.807) is 12.1 Å². The highest BCUT2D eigenvalue weighted by atomic mass is 19.4. The maximum Gasteiger partial charge on any atom is 0.419 e. The van der Waals surface area contributed by atoms with Gasteiger partial charge in [-0.25, -0.2) is 0 Å². The van der Waals surface area contributed by atoms with E-state index in [-0.39, 0.29) is 12.4 Å². The fraction of sp³-hybridized carbons (Fsp3) is 0.294. The molecule has 2 N–H and O–H groups in total. The van der Waals surface area contributed by atoms with Crippen molar-refractivity contribution in [3.05, 3.63) is 53.6 Å². The van der Waals surface area contributed by atoms with Crippen LogP contribution in [0.2, 0.25) is 0 Å². The van der Waals surface area contributed by atoms with Crippen LogP contribution < -0.4 is 15.2 Å². The molecule has 124 valence electrons. The van der Waals surface area contributed by atoms with Crippen LogP contribution in [0.4, 0.5) is 18.9 Å². The van der Waals surface area contributed by atoms with E-state index < -0.39 is 11.7 Å². The Morgan fingerprint density at radius 2 is 1.70 bits per heavy atom. The number of halogens is 3. The fourth-order valence-corrected chi connectivity index (χ4v) is 1.97. The zero-order chi connectivity index (χ0) is 16.9. The Morgan fingerprint density at radius 3 is 2.39 bits per heavy atom. The zero-order valence-electron chi connectivity index (χ0n) is 12.7. The molecule has 0 saturated heterocycles. The van der Waals surface area contributed by atoms with Crippen LogP contribution in [0.15, 0.2) is 42.5 Å². The largest absolute Gasteiger partial charge is 0.493 e. The molecule has 0 heterocycles. The van der Waals surface area contributed by atoms with Gasteiger partial charge in [0, 0.05) is 18.2 Å². The van der Waals surface area contributed by atoms with Crippen molar-refractivity contribution in [3.8, 4) is 11.5 Å². The molecular formula is C17H18F3NO2. The molecule has 0 aliphatic heterocycles. The summed E-state index contributed by atoms with van der Waals surface area (Å²) < 4.78 is 49.1. The second-order valence-electron chi connectivity index (χ2n) is 5.06. The smallest absolute Gasteiger partial charge is 0.419 e. The normalized spacial score (nSPS) is 11.3. The van der Waals surface area contributed by atoms with Crippen LogP contribution in [-0.2, 0) is 6.18 Å². The summed E-state index contributed by atoms with van der Waals surface area (Å²) in [5, 5.41) is 0. The van der Waals surface area contributed by atoms with Gasteiger partial charge < -0.3 is 15.2 Å². The summed E-state index contributed by atoms with van der Waals surface area (Å²) in [7, 11) is 0. The van der Waals surface area contributed by atoms with Gasteiger partial charge in [-0.3, -0.25) is 0 Å². The Bertz CT molecular complexity index is 657. The van der Waals surface area contributed by atoms with E-state index in [9.17, 15) is 13.2 Å². The maximum atomic E-state index is 12.8. The van der Waals surface area contributed by atoms with Crippen molar-refractivity contribution in [2.45, 2.75) is 19.5 Å². The second kappa shape index (κ2) is 7.26. The highest BCUT2D eigenvalue weighted by Gasteiger charge is 2.33. The van der Waals surface area contributed by atoms with E-state index in [0.29, 0.717) is 24.5 Å². The van der Waals surface area contributed by atoms with Gasteiger partial charge in [-0.1, -0.05) is 18.2 Å². The average Bonchev–Trinajstić information content (AvgIpc) is 2.50. The van der Waals surface area contributed by atoms with Crippen LogP contribution >= 0.6 is 0 Å². The number of nitrogens with two attached hydrogens (primary N) is 1. The minimum atomic E-state index is -4.42. The van der Waals surface area contributed by atoms with Crippen LogP contribution in [0.25, 0.3) is 0 Å². The molecule has 0 aliphatic carbocycles. The van der Waals surface area contributed by atoms with E-state index in [4.69, 9.17) is 15.2 Å². The molecule has 0 radical (unpaired) electrons. The van der Waals surface area contributed by atoms with E-state index in [0.717, 1.165) is 11.6 Å². The molecule has 0 aliphatic rings. The first kappa shape index (κ1) is 17.0. The third-order valence-corrected chi connectivity index (χ3v) is 3.26. The number of aryl methyl sites for hydroxylation is 1. The molecule has 0 unspecified atom stereocenters. The summed E-state index contributed by atoms with van der Waals surface area (Å²) in [6.07, 6.45) is -3.97. The van der Waals surface area contributed by atoms with Crippen LogP contribution in [0.1, 0.15) is 17.5 Å². The van der Waals surface area contributed by atoms with Crippen LogP contribution in [0, 0.1) is 6.92 Å². The van der Waals surface area contributed by atoms with Crippen molar-refractivity contribution in [2.75, 3.05) is 18.9 Å². The molecule has 2 aromatic rings. The number of nitrogen functional groups attached to an aromatic ring is 1. The third-order valence-electron chi connectivity index (χ3n) is 3.26. The molecule has 23 heavy (non-hydrogen) atoms. The molecule has 0 fully saturated rings. The second-order valence-corrected chi connectivity index (χ2v) is 5.06. The van der Waals surface area contributed by atoms with Gasteiger partial charge in [-0.2, -0.15) is 13.2 Å². The minimum absolute atomic E-state index is 0.133. The summed E-state index contributed by atoms with van der Waals surface area (Å²) in [5.41, 5.74) is 6.60. The minimum Gasteiger partial charge on any atom is -0.493 e. The molecule has 0 spiro atoms. The lowest BCUT2D eigenvalue weighted by Crippen LogP contribution is -2.10. The van der Waals surface area contributed by atoms with Crippen molar-refractivity contribution < 1.29 is 22.6 Å². The van der Waals surface area contributed by atoms with Crippen molar-refractivity contribution in [1.29, 1.82) is 0 Å². The van der Waals surface area contributed by atoms with E-state index in [2.05, 4.69) is 0 Å². The average molecular weight is 325 g/mol. The van der Waals surface area contributed by atoms with Gasteiger partial charge in [0.2, 0.25) is 0 Å². The summed E-state index contributed by atoms with van der Waals surface area (Å²) in [6, 6.07) is 10.5. The summed E-state index contributed by atoms with van der Waals surface area (Å²) in [4.78, 5) is 0. The molecule has 0 atom stereocenters. The Morgan fingerprint density at radius 1 is 1.00 bits per heavy atom. The molecule has 0 saturated carbocycles. The maximum absolute atomic E-state index is 12.8. The predicted octanol–water partition coefficient (Wildman–Crippen LogP) is 4.44. The van der Waals surface area contributed by atoms with Gasteiger partial charge in [0.05, 0.1) is 18.8 Å². The van der Waals surface area contributed by atoms with Gasteiger partial charge in [-0.15, -0.1) is 0 Å². The van der Waals surface area contributed by atoms with Crippen LogP contribution in [-0.4, -0.2) is 13.2 Å². The Hall–Kier alpha value is -2.37. The lowest BCUT2D eigenvalue weighted by molar-refractivity contribution is -0.138. The molecule has 6 heteroatoms. The summed E-state index contributed by atoms with van der Waals surface area (Å²) in [6.45, 7) is 2.36. The monoisotopic (exact) mass is 325 g/mol. The summed E-state index contributed by atoms with van der Waals surface area (Å²) >= 11 is 0. The van der Waals surface area contributed by atoms with Crippen molar-refractivity contribution in [1.82, 2.24) is 0 Å². The van der Waals surface area contributed by atoms with Crippen molar-refractivity contribution in [3.63, 3.8) is 0 Å². The summed E-state index contributed by atoms with van der Waals surface area (Å²) in [5.74, 6) is 0.461. The first-order valence-corrected chi connectivity index (χ1v) is 7.16. The number of hydrogen-bond acceptors (Lipinski definition) is 3. The highest BCUT2D eigenvalue weighted by molar-refractivity contribution is 5.50. The van der Waals surface area contributed by atoms with Gasteiger partial charge in [0.15, 0.2) is 0 Å².